The summed E-state index contributed by atoms with van der Waals surface area (Å²) in [6, 6.07) is 12.0. The number of nitrogens with zero attached hydrogens (tertiary/aromatic N) is 2. The summed E-state index contributed by atoms with van der Waals surface area (Å²) >= 11 is 1.77. The van der Waals surface area contributed by atoms with Crippen LogP contribution in [0.2, 0.25) is 0 Å². The topological polar surface area (TPSA) is 46.9 Å². The summed E-state index contributed by atoms with van der Waals surface area (Å²) in [5.74, 6) is 1.58. The number of nitrogens with one attached hydrogen (secondary N) is 1. The van der Waals surface area contributed by atoms with Gasteiger partial charge in [0.25, 0.3) is 0 Å². The third-order valence-corrected chi connectivity index (χ3v) is 3.64. The van der Waals surface area contributed by atoms with Gasteiger partial charge in [-0.1, -0.05) is 18.2 Å². The SMILES string of the molecule is Cn1ccc(NC(=O)CCCSc2ccccc2)n1. The van der Waals surface area contributed by atoms with Crippen molar-refractivity contribution in [1.82, 2.24) is 9.78 Å². The van der Waals surface area contributed by atoms with Gasteiger partial charge in [-0.2, -0.15) is 5.10 Å². The highest BCUT2D eigenvalue weighted by Gasteiger charge is 2.04. The molecule has 1 aromatic carbocycles. The van der Waals surface area contributed by atoms with Crippen molar-refractivity contribution in [2.24, 2.45) is 7.05 Å². The number of aromatic nitrogens is 2. The third kappa shape index (κ3) is 4.79. The molecule has 1 amide bonds. The Labute approximate surface area is 117 Å². The van der Waals surface area contributed by atoms with Gasteiger partial charge < -0.3 is 5.32 Å². The smallest absolute Gasteiger partial charge is 0.225 e. The summed E-state index contributed by atoms with van der Waals surface area (Å²) in [6.45, 7) is 0. The number of benzene rings is 1. The second-order valence-corrected chi connectivity index (χ2v) is 5.36. The molecule has 0 aliphatic heterocycles. The Kier molecular flexibility index (Phi) is 5.03. The first-order chi connectivity index (χ1) is 9.24. The second-order valence-electron chi connectivity index (χ2n) is 4.19. The van der Waals surface area contributed by atoms with Gasteiger partial charge in [0.1, 0.15) is 0 Å². The third-order valence-electron chi connectivity index (χ3n) is 2.54. The molecule has 0 saturated carbocycles. The lowest BCUT2D eigenvalue weighted by Gasteiger charge is -2.02. The van der Waals surface area contributed by atoms with Crippen LogP contribution in [0.25, 0.3) is 0 Å². The molecule has 4 nitrogen and oxygen atoms in total. The molecule has 2 rings (SSSR count). The van der Waals surface area contributed by atoms with Crippen molar-refractivity contribution >= 4 is 23.5 Å². The molecule has 0 atom stereocenters. The van der Waals surface area contributed by atoms with Crippen LogP contribution in [0.5, 0.6) is 0 Å². The lowest BCUT2D eigenvalue weighted by Crippen LogP contribution is -2.12. The molecule has 0 unspecified atom stereocenters. The van der Waals surface area contributed by atoms with E-state index in [1.54, 1.807) is 28.7 Å². The number of carbonyl (C=O) groups excluding carboxylic acids is 1. The maximum atomic E-state index is 11.7. The minimum absolute atomic E-state index is 0.0207. The van der Waals surface area contributed by atoms with Gasteiger partial charge in [0.05, 0.1) is 0 Å². The number of aryl methyl sites for hydroxylation is 1. The molecule has 2 aromatic rings. The zero-order valence-corrected chi connectivity index (χ0v) is 11.7. The maximum absolute atomic E-state index is 11.7. The molecule has 1 heterocycles. The lowest BCUT2D eigenvalue weighted by molar-refractivity contribution is -0.116. The van der Waals surface area contributed by atoms with Crippen molar-refractivity contribution in [3.8, 4) is 0 Å². The Morgan fingerprint density at radius 1 is 1.32 bits per heavy atom. The molecule has 0 bridgehead atoms. The highest BCUT2D eigenvalue weighted by Crippen LogP contribution is 2.18. The van der Waals surface area contributed by atoms with Crippen LogP contribution < -0.4 is 5.32 Å². The zero-order chi connectivity index (χ0) is 13.5. The predicted octanol–water partition coefficient (Wildman–Crippen LogP) is 2.93. The summed E-state index contributed by atoms with van der Waals surface area (Å²) in [4.78, 5) is 12.9. The Morgan fingerprint density at radius 3 is 2.79 bits per heavy atom. The number of rotatable bonds is 6. The number of amides is 1. The van der Waals surface area contributed by atoms with Gasteiger partial charge >= 0.3 is 0 Å². The van der Waals surface area contributed by atoms with Crippen molar-refractivity contribution < 1.29 is 4.79 Å². The highest BCUT2D eigenvalue weighted by atomic mass is 32.2. The van der Waals surface area contributed by atoms with E-state index < -0.39 is 0 Å². The Balaban J connectivity index is 1.64. The normalized spacial score (nSPS) is 10.4. The van der Waals surface area contributed by atoms with Crippen molar-refractivity contribution in [3.63, 3.8) is 0 Å². The van der Waals surface area contributed by atoms with E-state index in [2.05, 4.69) is 22.5 Å². The second kappa shape index (κ2) is 6.99. The lowest BCUT2D eigenvalue weighted by atomic mass is 10.3. The molecule has 1 aromatic heterocycles. The first-order valence-corrected chi connectivity index (χ1v) is 7.20. The van der Waals surface area contributed by atoms with Crippen molar-refractivity contribution in [1.29, 1.82) is 0 Å². The monoisotopic (exact) mass is 275 g/mol. The first-order valence-electron chi connectivity index (χ1n) is 6.21. The van der Waals surface area contributed by atoms with E-state index in [0.29, 0.717) is 12.2 Å². The van der Waals surface area contributed by atoms with Crippen LogP contribution >= 0.6 is 11.8 Å². The average molecular weight is 275 g/mol. The van der Waals surface area contributed by atoms with E-state index in [1.165, 1.54) is 4.90 Å². The maximum Gasteiger partial charge on any atom is 0.225 e. The van der Waals surface area contributed by atoms with Crippen molar-refractivity contribution in [2.75, 3.05) is 11.1 Å². The Morgan fingerprint density at radius 2 is 2.11 bits per heavy atom. The minimum atomic E-state index is 0.0207. The zero-order valence-electron chi connectivity index (χ0n) is 10.9. The van der Waals surface area contributed by atoms with E-state index in [4.69, 9.17) is 0 Å². The molecule has 0 radical (unpaired) electrons. The number of hydrogen-bond donors (Lipinski definition) is 1. The summed E-state index contributed by atoms with van der Waals surface area (Å²) in [7, 11) is 1.83. The molecule has 0 spiro atoms. The molecule has 100 valence electrons. The number of anilines is 1. The number of carbonyl (C=O) groups is 1. The summed E-state index contributed by atoms with van der Waals surface area (Å²) in [5, 5.41) is 6.89. The van der Waals surface area contributed by atoms with Gasteiger partial charge in [0.2, 0.25) is 5.91 Å². The standard InChI is InChI=1S/C14H17N3OS/c1-17-10-9-13(16-17)15-14(18)8-5-11-19-12-6-3-2-4-7-12/h2-4,6-7,9-10H,5,8,11H2,1H3,(H,15,16,18). The summed E-state index contributed by atoms with van der Waals surface area (Å²) in [5.41, 5.74) is 0. The molecule has 19 heavy (non-hydrogen) atoms. The summed E-state index contributed by atoms with van der Waals surface area (Å²) < 4.78 is 1.67. The molecular weight excluding hydrogens is 258 g/mol. The fourth-order valence-electron chi connectivity index (χ4n) is 1.63. The fraction of sp³-hybridized carbons (Fsp3) is 0.286. The van der Waals surface area contributed by atoms with Crippen LogP contribution in [0.3, 0.4) is 0 Å². The van der Waals surface area contributed by atoms with Crippen molar-refractivity contribution in [2.45, 2.75) is 17.7 Å². The Hall–Kier alpha value is -1.75. The van der Waals surface area contributed by atoms with E-state index >= 15 is 0 Å². The van der Waals surface area contributed by atoms with Gasteiger partial charge in [-0.3, -0.25) is 9.48 Å². The van der Waals surface area contributed by atoms with Crippen LogP contribution in [-0.4, -0.2) is 21.4 Å². The van der Waals surface area contributed by atoms with Crippen molar-refractivity contribution in [3.05, 3.63) is 42.6 Å². The molecular formula is C14H17N3OS. The van der Waals surface area contributed by atoms with Gasteiger partial charge in [-0.25, -0.2) is 0 Å². The molecule has 0 aliphatic rings. The van der Waals surface area contributed by atoms with E-state index in [1.807, 2.05) is 25.2 Å². The van der Waals surface area contributed by atoms with Crippen LogP contribution in [-0.2, 0) is 11.8 Å². The van der Waals surface area contributed by atoms with Crippen LogP contribution in [0.1, 0.15) is 12.8 Å². The van der Waals surface area contributed by atoms with Crippen LogP contribution in [0.15, 0.2) is 47.5 Å². The number of hydrogen-bond acceptors (Lipinski definition) is 3. The number of thioether (sulfide) groups is 1. The molecule has 0 aliphatic carbocycles. The highest BCUT2D eigenvalue weighted by molar-refractivity contribution is 7.99. The molecule has 5 heteroatoms. The van der Waals surface area contributed by atoms with Gasteiger partial charge in [0.15, 0.2) is 5.82 Å². The van der Waals surface area contributed by atoms with Gasteiger partial charge in [-0.05, 0) is 24.3 Å². The first kappa shape index (κ1) is 13.7. The van der Waals surface area contributed by atoms with Gasteiger partial charge in [0, 0.05) is 30.6 Å². The van der Waals surface area contributed by atoms with E-state index in [0.717, 1.165) is 12.2 Å². The quantitative estimate of drug-likeness (QED) is 0.651. The van der Waals surface area contributed by atoms with E-state index in [-0.39, 0.29) is 5.91 Å². The Bertz CT molecular complexity index is 524. The van der Waals surface area contributed by atoms with Crippen LogP contribution in [0.4, 0.5) is 5.82 Å². The fourth-order valence-corrected chi connectivity index (χ4v) is 2.50. The minimum Gasteiger partial charge on any atom is -0.309 e. The summed E-state index contributed by atoms with van der Waals surface area (Å²) in [6.07, 6.45) is 3.19. The largest absolute Gasteiger partial charge is 0.309 e. The molecule has 1 N–H and O–H groups in total. The molecule has 0 fully saturated rings. The average Bonchev–Trinajstić information content (AvgIpc) is 2.81. The predicted molar refractivity (Wildman–Crippen MR) is 78.2 cm³/mol. The molecule has 0 saturated heterocycles. The van der Waals surface area contributed by atoms with Gasteiger partial charge in [-0.15, -0.1) is 11.8 Å². The van der Waals surface area contributed by atoms with E-state index in [9.17, 15) is 4.79 Å². The van der Waals surface area contributed by atoms with Crippen LogP contribution in [0, 0.1) is 0 Å².